The molecular weight excluding hydrogens is 336 g/mol. The normalized spacial score (nSPS) is 14.1. The Morgan fingerprint density at radius 1 is 0.682 bits per heavy atom. The standard InChI is InChI=1S/C11H13F10N/c12-8(13,10(16,17)18)7(5-3-1-2-4-6-22)9(14,15)11(19,20)21/h5H,1-4,6,22H2. The van der Waals surface area contributed by atoms with Crippen LogP contribution in [0, 0.1) is 0 Å². The number of hydrogen-bond donors (Lipinski definition) is 1. The van der Waals surface area contributed by atoms with Crippen LogP contribution in [-0.2, 0) is 0 Å². The summed E-state index contributed by atoms with van der Waals surface area (Å²) in [7, 11) is 0. The van der Waals surface area contributed by atoms with Crippen molar-refractivity contribution in [2.75, 3.05) is 6.54 Å². The molecule has 0 fully saturated rings. The Hall–Kier alpha value is -1.00. The second-order valence-electron chi connectivity index (χ2n) is 4.40. The molecule has 0 saturated carbocycles. The molecule has 0 atom stereocenters. The Bertz CT molecular complexity index is 351. The van der Waals surface area contributed by atoms with Crippen molar-refractivity contribution in [1.82, 2.24) is 0 Å². The second kappa shape index (κ2) is 7.05. The minimum atomic E-state index is -6.56. The lowest BCUT2D eigenvalue weighted by molar-refractivity contribution is -0.308. The Balaban J connectivity index is 5.57. The van der Waals surface area contributed by atoms with Crippen LogP contribution in [0.4, 0.5) is 43.9 Å². The van der Waals surface area contributed by atoms with Crippen molar-refractivity contribution in [3.05, 3.63) is 11.6 Å². The Kier molecular flexibility index (Phi) is 6.73. The fourth-order valence-corrected chi connectivity index (χ4v) is 1.47. The average molecular weight is 349 g/mol. The van der Waals surface area contributed by atoms with Gasteiger partial charge >= 0.3 is 24.2 Å². The van der Waals surface area contributed by atoms with Gasteiger partial charge in [-0.3, -0.25) is 0 Å². The summed E-state index contributed by atoms with van der Waals surface area (Å²) in [5.41, 5.74) is 1.77. The van der Waals surface area contributed by atoms with Crippen molar-refractivity contribution in [2.24, 2.45) is 5.73 Å². The molecule has 0 heterocycles. The molecule has 0 unspecified atom stereocenters. The van der Waals surface area contributed by atoms with Gasteiger partial charge in [0.15, 0.2) is 0 Å². The van der Waals surface area contributed by atoms with Crippen molar-refractivity contribution < 1.29 is 43.9 Å². The minimum Gasteiger partial charge on any atom is -0.330 e. The van der Waals surface area contributed by atoms with E-state index in [4.69, 9.17) is 5.73 Å². The van der Waals surface area contributed by atoms with Gasteiger partial charge in [0.25, 0.3) is 0 Å². The van der Waals surface area contributed by atoms with Gasteiger partial charge in [-0.15, -0.1) is 0 Å². The Morgan fingerprint density at radius 2 is 1.09 bits per heavy atom. The van der Waals surface area contributed by atoms with E-state index in [1.807, 2.05) is 0 Å². The lowest BCUT2D eigenvalue weighted by Crippen LogP contribution is -2.50. The monoisotopic (exact) mass is 349 g/mol. The fraction of sp³-hybridized carbons (Fsp3) is 0.818. The molecule has 0 aliphatic heterocycles. The molecule has 0 spiro atoms. The van der Waals surface area contributed by atoms with Crippen molar-refractivity contribution in [3.8, 4) is 0 Å². The number of unbranched alkanes of at least 4 members (excludes halogenated alkanes) is 3. The van der Waals surface area contributed by atoms with Crippen molar-refractivity contribution in [2.45, 2.75) is 49.9 Å². The third-order valence-electron chi connectivity index (χ3n) is 2.65. The number of alkyl halides is 10. The molecule has 0 aromatic rings. The number of rotatable bonds is 7. The highest BCUT2D eigenvalue weighted by molar-refractivity contribution is 5.26. The highest BCUT2D eigenvalue weighted by Gasteiger charge is 2.72. The van der Waals surface area contributed by atoms with Gasteiger partial charge in [-0.2, -0.15) is 43.9 Å². The van der Waals surface area contributed by atoms with Crippen LogP contribution < -0.4 is 5.73 Å². The minimum absolute atomic E-state index is 0.150. The summed E-state index contributed by atoms with van der Waals surface area (Å²) in [6.07, 6.45) is -13.9. The zero-order valence-electron chi connectivity index (χ0n) is 11.0. The summed E-state index contributed by atoms with van der Waals surface area (Å²) in [6.45, 7) is 0.161. The van der Waals surface area contributed by atoms with Crippen LogP contribution in [0.25, 0.3) is 0 Å². The summed E-state index contributed by atoms with van der Waals surface area (Å²) in [5.74, 6) is -12.6. The summed E-state index contributed by atoms with van der Waals surface area (Å²) in [4.78, 5) is 0. The summed E-state index contributed by atoms with van der Waals surface area (Å²) < 4.78 is 125. The first-order valence-corrected chi connectivity index (χ1v) is 5.99. The SMILES string of the molecule is NCCCCCC=C(C(F)(F)C(F)(F)F)C(F)(F)C(F)(F)F. The van der Waals surface area contributed by atoms with Crippen LogP contribution >= 0.6 is 0 Å². The van der Waals surface area contributed by atoms with Gasteiger partial charge in [0.2, 0.25) is 0 Å². The van der Waals surface area contributed by atoms with Crippen LogP contribution in [0.5, 0.6) is 0 Å². The Labute approximate surface area is 119 Å². The van der Waals surface area contributed by atoms with Crippen LogP contribution in [-0.4, -0.2) is 30.7 Å². The molecule has 0 aliphatic rings. The Morgan fingerprint density at radius 3 is 1.41 bits per heavy atom. The molecule has 0 bridgehead atoms. The van der Waals surface area contributed by atoms with E-state index < -0.39 is 42.3 Å². The number of nitrogens with two attached hydrogens (primary N) is 1. The first kappa shape index (κ1) is 21.0. The topological polar surface area (TPSA) is 26.0 Å². The molecule has 0 aliphatic carbocycles. The van der Waals surface area contributed by atoms with Crippen LogP contribution in [0.3, 0.4) is 0 Å². The smallest absolute Gasteiger partial charge is 0.330 e. The van der Waals surface area contributed by atoms with E-state index in [0.29, 0.717) is 6.42 Å². The molecule has 1 nitrogen and oxygen atoms in total. The molecule has 0 aromatic carbocycles. The van der Waals surface area contributed by atoms with E-state index in [-0.39, 0.29) is 19.4 Å². The molecule has 2 N–H and O–H groups in total. The van der Waals surface area contributed by atoms with Gasteiger partial charge in [-0.25, -0.2) is 0 Å². The molecule has 22 heavy (non-hydrogen) atoms. The van der Waals surface area contributed by atoms with Gasteiger partial charge in [0, 0.05) is 0 Å². The summed E-state index contributed by atoms with van der Waals surface area (Å²) in [5, 5.41) is 0. The molecular formula is C11H13F10N. The fourth-order valence-electron chi connectivity index (χ4n) is 1.47. The van der Waals surface area contributed by atoms with Gasteiger partial charge in [-0.05, 0) is 25.8 Å². The van der Waals surface area contributed by atoms with Crippen LogP contribution in [0.15, 0.2) is 11.6 Å². The maximum atomic E-state index is 13.0. The zero-order valence-corrected chi connectivity index (χ0v) is 11.0. The van der Waals surface area contributed by atoms with E-state index >= 15 is 0 Å². The van der Waals surface area contributed by atoms with Crippen LogP contribution in [0.2, 0.25) is 0 Å². The van der Waals surface area contributed by atoms with E-state index in [1.54, 1.807) is 0 Å². The van der Waals surface area contributed by atoms with E-state index in [0.717, 1.165) is 0 Å². The number of halogens is 10. The molecule has 0 radical (unpaired) electrons. The van der Waals surface area contributed by atoms with Crippen LogP contribution in [0.1, 0.15) is 25.7 Å². The largest absolute Gasteiger partial charge is 0.457 e. The van der Waals surface area contributed by atoms with Gasteiger partial charge in [-0.1, -0.05) is 12.5 Å². The lowest BCUT2D eigenvalue weighted by atomic mass is 9.98. The molecule has 0 amide bonds. The predicted octanol–water partition coefficient (Wildman–Crippen LogP) is 4.83. The molecule has 11 heteroatoms. The molecule has 0 saturated heterocycles. The maximum absolute atomic E-state index is 13.0. The van der Waals surface area contributed by atoms with Gasteiger partial charge in [0.05, 0.1) is 5.57 Å². The quantitative estimate of drug-likeness (QED) is 0.398. The first-order chi connectivity index (χ1) is 9.69. The van der Waals surface area contributed by atoms with Gasteiger partial charge < -0.3 is 5.73 Å². The second-order valence-corrected chi connectivity index (χ2v) is 4.40. The highest BCUT2D eigenvalue weighted by Crippen LogP contribution is 2.52. The molecule has 0 rings (SSSR count). The predicted molar refractivity (Wildman–Crippen MR) is 57.6 cm³/mol. The average Bonchev–Trinajstić information content (AvgIpc) is 2.30. The third kappa shape index (κ3) is 4.75. The van der Waals surface area contributed by atoms with Crippen molar-refractivity contribution in [3.63, 3.8) is 0 Å². The van der Waals surface area contributed by atoms with E-state index in [9.17, 15) is 43.9 Å². The van der Waals surface area contributed by atoms with E-state index in [2.05, 4.69) is 0 Å². The lowest BCUT2D eigenvalue weighted by Gasteiger charge is -2.29. The highest BCUT2D eigenvalue weighted by atomic mass is 19.4. The van der Waals surface area contributed by atoms with Crippen molar-refractivity contribution in [1.29, 1.82) is 0 Å². The summed E-state index contributed by atoms with van der Waals surface area (Å²) >= 11 is 0. The third-order valence-corrected chi connectivity index (χ3v) is 2.65. The van der Waals surface area contributed by atoms with E-state index in [1.165, 1.54) is 0 Å². The number of hydrogen-bond acceptors (Lipinski definition) is 1. The maximum Gasteiger partial charge on any atom is 0.457 e. The zero-order chi connectivity index (χ0) is 17.8. The molecule has 0 aromatic heterocycles. The first-order valence-electron chi connectivity index (χ1n) is 5.99. The van der Waals surface area contributed by atoms with Gasteiger partial charge in [0.1, 0.15) is 0 Å². The number of allylic oxidation sites excluding steroid dienone is 2. The van der Waals surface area contributed by atoms with Crippen molar-refractivity contribution >= 4 is 0 Å². The molecule has 132 valence electrons. The summed E-state index contributed by atoms with van der Waals surface area (Å²) in [6, 6.07) is 0.